The highest BCUT2D eigenvalue weighted by Gasteiger charge is 2.21. The van der Waals surface area contributed by atoms with E-state index in [0.717, 1.165) is 28.8 Å². The minimum absolute atomic E-state index is 0.139. The van der Waals surface area contributed by atoms with Gasteiger partial charge in [0.15, 0.2) is 0 Å². The molecule has 0 radical (unpaired) electrons. The van der Waals surface area contributed by atoms with Gasteiger partial charge in [0.1, 0.15) is 5.75 Å². The largest absolute Gasteiger partial charge is 0.497 e. The Morgan fingerprint density at radius 1 is 1.33 bits per heavy atom. The second-order valence-corrected chi connectivity index (χ2v) is 5.52. The maximum absolute atomic E-state index is 12.1. The number of halogens is 1. The number of amides is 1. The van der Waals surface area contributed by atoms with E-state index in [1.54, 1.807) is 7.11 Å². The summed E-state index contributed by atoms with van der Waals surface area (Å²) in [5, 5.41) is 2.99. The summed E-state index contributed by atoms with van der Waals surface area (Å²) in [5.41, 5.74) is 0.811. The average molecular weight is 312 g/mol. The number of hydrogen-bond donors (Lipinski definition) is 1. The molecule has 0 heterocycles. The highest BCUT2D eigenvalue weighted by atomic mass is 79.9. The normalized spacial score (nSPS) is 16.3. The molecule has 1 saturated carbocycles. The number of hydrogen-bond acceptors (Lipinski definition) is 2. The number of nitrogens with one attached hydrogen (secondary N) is 1. The van der Waals surface area contributed by atoms with Crippen LogP contribution in [0.2, 0.25) is 0 Å². The van der Waals surface area contributed by atoms with Gasteiger partial charge in [0.2, 0.25) is 5.91 Å². The Bertz CT molecular complexity index is 428. The van der Waals surface area contributed by atoms with Crippen molar-refractivity contribution in [2.75, 3.05) is 12.4 Å². The van der Waals surface area contributed by atoms with Crippen LogP contribution in [0.15, 0.2) is 22.7 Å². The van der Waals surface area contributed by atoms with Crippen molar-refractivity contribution in [1.29, 1.82) is 0 Å². The molecule has 0 atom stereocenters. The van der Waals surface area contributed by atoms with Crippen LogP contribution in [0, 0.1) is 5.92 Å². The number of benzene rings is 1. The number of carbonyl (C=O) groups is 1. The molecule has 1 amide bonds. The molecule has 0 bridgehead atoms. The first-order valence-electron chi connectivity index (χ1n) is 6.35. The second-order valence-electron chi connectivity index (χ2n) is 4.67. The summed E-state index contributed by atoms with van der Waals surface area (Å²) < 4.78 is 5.98. The molecule has 0 spiro atoms. The Balaban J connectivity index is 2.02. The highest BCUT2D eigenvalue weighted by molar-refractivity contribution is 9.10. The van der Waals surface area contributed by atoms with Crippen LogP contribution in [-0.2, 0) is 4.79 Å². The number of rotatable bonds is 3. The summed E-state index contributed by atoms with van der Waals surface area (Å²) in [4.78, 5) is 12.1. The third-order valence-electron chi connectivity index (χ3n) is 3.41. The van der Waals surface area contributed by atoms with Gasteiger partial charge in [0, 0.05) is 10.4 Å². The summed E-state index contributed by atoms with van der Waals surface area (Å²) in [6.45, 7) is 0. The molecule has 0 aliphatic heterocycles. The molecule has 1 aliphatic carbocycles. The summed E-state index contributed by atoms with van der Waals surface area (Å²) in [6, 6.07) is 5.57. The first kappa shape index (κ1) is 13.4. The van der Waals surface area contributed by atoms with Crippen molar-refractivity contribution in [3.63, 3.8) is 0 Å². The van der Waals surface area contributed by atoms with E-state index in [9.17, 15) is 4.79 Å². The molecule has 2 rings (SSSR count). The van der Waals surface area contributed by atoms with Crippen molar-refractivity contribution in [2.45, 2.75) is 32.1 Å². The molecule has 98 valence electrons. The van der Waals surface area contributed by atoms with Gasteiger partial charge in [-0.1, -0.05) is 19.3 Å². The monoisotopic (exact) mass is 311 g/mol. The Labute approximate surface area is 116 Å². The third-order valence-corrected chi connectivity index (χ3v) is 4.07. The molecule has 1 aromatic rings. The van der Waals surface area contributed by atoms with Crippen LogP contribution in [0.5, 0.6) is 5.75 Å². The van der Waals surface area contributed by atoms with E-state index >= 15 is 0 Å². The number of methoxy groups -OCH3 is 1. The molecule has 0 unspecified atom stereocenters. The van der Waals surface area contributed by atoms with Gasteiger partial charge in [-0.05, 0) is 47.0 Å². The lowest BCUT2D eigenvalue weighted by molar-refractivity contribution is -0.120. The van der Waals surface area contributed by atoms with Crippen LogP contribution < -0.4 is 10.1 Å². The van der Waals surface area contributed by atoms with Gasteiger partial charge in [0.05, 0.1) is 12.8 Å². The Kier molecular flexibility index (Phi) is 4.64. The maximum atomic E-state index is 12.1. The molecule has 0 saturated heterocycles. The van der Waals surface area contributed by atoms with Crippen molar-refractivity contribution in [3.05, 3.63) is 22.7 Å². The molecule has 1 fully saturated rings. The molecule has 4 heteroatoms. The number of ether oxygens (including phenoxy) is 1. The zero-order chi connectivity index (χ0) is 13.0. The quantitative estimate of drug-likeness (QED) is 0.917. The average Bonchev–Trinajstić information content (AvgIpc) is 2.42. The topological polar surface area (TPSA) is 38.3 Å². The van der Waals surface area contributed by atoms with E-state index < -0.39 is 0 Å². The molecule has 3 nitrogen and oxygen atoms in total. The molecule has 1 N–H and O–H groups in total. The van der Waals surface area contributed by atoms with E-state index in [-0.39, 0.29) is 11.8 Å². The van der Waals surface area contributed by atoms with Crippen molar-refractivity contribution in [3.8, 4) is 5.75 Å². The third kappa shape index (κ3) is 3.25. The summed E-state index contributed by atoms with van der Waals surface area (Å²) in [7, 11) is 1.63. The SMILES string of the molecule is COc1ccc(NC(=O)C2CCCCC2)c(Br)c1. The minimum Gasteiger partial charge on any atom is -0.497 e. The van der Waals surface area contributed by atoms with Gasteiger partial charge >= 0.3 is 0 Å². The van der Waals surface area contributed by atoms with Crippen LogP contribution in [0.25, 0.3) is 0 Å². The lowest BCUT2D eigenvalue weighted by atomic mass is 9.88. The van der Waals surface area contributed by atoms with E-state index in [2.05, 4.69) is 21.2 Å². The summed E-state index contributed by atoms with van der Waals surface area (Å²) in [5.74, 6) is 1.09. The van der Waals surface area contributed by atoms with Gasteiger partial charge in [-0.15, -0.1) is 0 Å². The van der Waals surface area contributed by atoms with Crippen molar-refractivity contribution >= 4 is 27.5 Å². The molecule has 0 aromatic heterocycles. The molecular weight excluding hydrogens is 294 g/mol. The van der Waals surface area contributed by atoms with Gasteiger partial charge in [-0.2, -0.15) is 0 Å². The minimum atomic E-state index is 0.139. The Morgan fingerprint density at radius 2 is 2.06 bits per heavy atom. The lowest BCUT2D eigenvalue weighted by Crippen LogP contribution is -2.24. The Hall–Kier alpha value is -1.03. The molecule has 1 aliphatic rings. The molecule has 18 heavy (non-hydrogen) atoms. The van der Waals surface area contributed by atoms with E-state index in [4.69, 9.17) is 4.74 Å². The standard InChI is InChI=1S/C14H18BrNO2/c1-18-11-7-8-13(12(15)9-11)16-14(17)10-5-3-2-4-6-10/h7-10H,2-6H2,1H3,(H,16,17). The predicted molar refractivity (Wildman–Crippen MR) is 75.9 cm³/mol. The smallest absolute Gasteiger partial charge is 0.227 e. The zero-order valence-electron chi connectivity index (χ0n) is 10.5. The zero-order valence-corrected chi connectivity index (χ0v) is 12.1. The van der Waals surface area contributed by atoms with E-state index in [1.165, 1.54) is 19.3 Å². The fraction of sp³-hybridized carbons (Fsp3) is 0.500. The molecular formula is C14H18BrNO2. The number of carbonyl (C=O) groups excluding carboxylic acids is 1. The van der Waals surface area contributed by atoms with Crippen LogP contribution in [0.1, 0.15) is 32.1 Å². The lowest BCUT2D eigenvalue weighted by Gasteiger charge is -2.21. The Morgan fingerprint density at radius 3 is 2.67 bits per heavy atom. The second kappa shape index (κ2) is 6.23. The van der Waals surface area contributed by atoms with Gasteiger partial charge in [-0.25, -0.2) is 0 Å². The van der Waals surface area contributed by atoms with Gasteiger partial charge < -0.3 is 10.1 Å². The van der Waals surface area contributed by atoms with Crippen LogP contribution in [-0.4, -0.2) is 13.0 Å². The summed E-state index contributed by atoms with van der Waals surface area (Å²) in [6.07, 6.45) is 5.62. The maximum Gasteiger partial charge on any atom is 0.227 e. The van der Waals surface area contributed by atoms with Crippen LogP contribution in [0.3, 0.4) is 0 Å². The van der Waals surface area contributed by atoms with Gasteiger partial charge in [0.25, 0.3) is 0 Å². The van der Waals surface area contributed by atoms with Gasteiger partial charge in [-0.3, -0.25) is 4.79 Å². The van der Waals surface area contributed by atoms with Crippen molar-refractivity contribution in [1.82, 2.24) is 0 Å². The highest BCUT2D eigenvalue weighted by Crippen LogP contribution is 2.29. The first-order chi connectivity index (χ1) is 8.70. The van der Waals surface area contributed by atoms with Crippen LogP contribution >= 0.6 is 15.9 Å². The van der Waals surface area contributed by atoms with Crippen molar-refractivity contribution < 1.29 is 9.53 Å². The fourth-order valence-corrected chi connectivity index (χ4v) is 2.78. The molecule has 1 aromatic carbocycles. The first-order valence-corrected chi connectivity index (χ1v) is 7.14. The summed E-state index contributed by atoms with van der Waals surface area (Å²) >= 11 is 3.45. The fourth-order valence-electron chi connectivity index (χ4n) is 2.32. The van der Waals surface area contributed by atoms with Crippen molar-refractivity contribution in [2.24, 2.45) is 5.92 Å². The van der Waals surface area contributed by atoms with E-state index in [1.807, 2.05) is 18.2 Å². The predicted octanol–water partition coefficient (Wildman–Crippen LogP) is 3.98. The number of anilines is 1. The van der Waals surface area contributed by atoms with E-state index in [0.29, 0.717) is 0 Å². The van der Waals surface area contributed by atoms with Crippen LogP contribution in [0.4, 0.5) is 5.69 Å².